The molecule has 1 atom stereocenters. The van der Waals surface area contributed by atoms with Crippen LogP contribution in [-0.2, 0) is 0 Å². The topological polar surface area (TPSA) is 37.0 Å². The fourth-order valence-electron chi connectivity index (χ4n) is 0.954. The van der Waals surface area contributed by atoms with Gasteiger partial charge in [0.15, 0.2) is 10.9 Å². The van der Waals surface area contributed by atoms with Gasteiger partial charge in [0.2, 0.25) is 0 Å². The first-order valence-corrected chi connectivity index (χ1v) is 4.39. The molecule has 0 fully saturated rings. The summed E-state index contributed by atoms with van der Waals surface area (Å²) in [5.74, 6) is 0.791. The van der Waals surface area contributed by atoms with Gasteiger partial charge in [0, 0.05) is 0 Å². The van der Waals surface area contributed by atoms with E-state index in [1.807, 2.05) is 6.07 Å². The standard InChI is InChI=1S/C6H5BrClN3/c7-6-9-3-1-2-4(8)10-5(3)11-6/h1-2,6,9H,(H,10,11). The van der Waals surface area contributed by atoms with E-state index in [2.05, 4.69) is 31.5 Å². The summed E-state index contributed by atoms with van der Waals surface area (Å²) in [6.45, 7) is 0. The van der Waals surface area contributed by atoms with Crippen molar-refractivity contribution in [3.63, 3.8) is 0 Å². The fourth-order valence-corrected chi connectivity index (χ4v) is 1.57. The number of fused-ring (bicyclic) bond motifs is 1. The van der Waals surface area contributed by atoms with Crippen molar-refractivity contribution >= 4 is 39.0 Å². The van der Waals surface area contributed by atoms with Gasteiger partial charge in [-0.25, -0.2) is 4.98 Å². The molecule has 0 radical (unpaired) electrons. The number of nitrogens with one attached hydrogen (secondary N) is 2. The molecule has 1 unspecified atom stereocenters. The van der Waals surface area contributed by atoms with Crippen LogP contribution in [0, 0.1) is 0 Å². The molecule has 2 heterocycles. The zero-order chi connectivity index (χ0) is 7.84. The van der Waals surface area contributed by atoms with E-state index in [0.29, 0.717) is 5.15 Å². The number of nitrogens with zero attached hydrogens (tertiary/aromatic N) is 1. The predicted molar refractivity (Wildman–Crippen MR) is 49.2 cm³/mol. The molecule has 2 N–H and O–H groups in total. The predicted octanol–water partition coefficient (Wildman–Crippen LogP) is 2.25. The lowest BCUT2D eigenvalue weighted by atomic mass is 10.4. The highest BCUT2D eigenvalue weighted by atomic mass is 79.9. The van der Waals surface area contributed by atoms with Gasteiger partial charge in [-0.15, -0.1) is 0 Å². The molecular weight excluding hydrogens is 229 g/mol. The summed E-state index contributed by atoms with van der Waals surface area (Å²) >= 11 is 9.02. The van der Waals surface area contributed by atoms with Crippen LogP contribution in [-0.4, -0.2) is 10.1 Å². The molecule has 0 saturated carbocycles. The van der Waals surface area contributed by atoms with E-state index < -0.39 is 0 Å². The van der Waals surface area contributed by atoms with Crippen LogP contribution in [0.3, 0.4) is 0 Å². The molecule has 0 aliphatic carbocycles. The van der Waals surface area contributed by atoms with Crippen molar-refractivity contribution in [1.29, 1.82) is 0 Å². The van der Waals surface area contributed by atoms with Crippen molar-refractivity contribution in [3.8, 4) is 0 Å². The van der Waals surface area contributed by atoms with E-state index >= 15 is 0 Å². The minimum absolute atomic E-state index is 0.0588. The number of pyridine rings is 1. The van der Waals surface area contributed by atoms with Gasteiger partial charge in [0.05, 0.1) is 5.69 Å². The van der Waals surface area contributed by atoms with Crippen molar-refractivity contribution in [1.82, 2.24) is 4.98 Å². The molecule has 0 bridgehead atoms. The number of alkyl halides is 1. The minimum atomic E-state index is 0.0588. The van der Waals surface area contributed by atoms with E-state index in [4.69, 9.17) is 11.6 Å². The molecule has 5 heteroatoms. The molecule has 1 aliphatic heterocycles. The monoisotopic (exact) mass is 233 g/mol. The highest BCUT2D eigenvalue weighted by molar-refractivity contribution is 9.09. The average molecular weight is 234 g/mol. The molecule has 2 rings (SSSR count). The number of hydrogen-bond donors (Lipinski definition) is 2. The number of hydrogen-bond acceptors (Lipinski definition) is 3. The lowest BCUT2D eigenvalue weighted by Crippen LogP contribution is -2.12. The van der Waals surface area contributed by atoms with Crippen LogP contribution in [0.5, 0.6) is 0 Å². The SMILES string of the molecule is Clc1ccc2c(n1)NC(Br)N2. The largest absolute Gasteiger partial charge is 0.353 e. The zero-order valence-electron chi connectivity index (χ0n) is 5.44. The Morgan fingerprint density at radius 3 is 3.09 bits per heavy atom. The third-order valence-electron chi connectivity index (χ3n) is 1.41. The lowest BCUT2D eigenvalue weighted by Gasteiger charge is -1.98. The normalized spacial score (nSPS) is 20.4. The Kier molecular flexibility index (Phi) is 1.65. The number of halogens is 2. The molecule has 0 spiro atoms. The first-order chi connectivity index (χ1) is 5.25. The fraction of sp³-hybridized carbons (Fsp3) is 0.167. The second kappa shape index (κ2) is 2.53. The van der Waals surface area contributed by atoms with Crippen molar-refractivity contribution in [2.75, 3.05) is 10.6 Å². The van der Waals surface area contributed by atoms with Gasteiger partial charge in [0.1, 0.15) is 5.15 Å². The summed E-state index contributed by atoms with van der Waals surface area (Å²) in [6, 6.07) is 3.64. The molecule has 3 nitrogen and oxygen atoms in total. The molecule has 1 aromatic heterocycles. The third kappa shape index (κ3) is 1.28. The van der Waals surface area contributed by atoms with E-state index in [0.717, 1.165) is 11.5 Å². The van der Waals surface area contributed by atoms with Crippen LogP contribution in [0.25, 0.3) is 0 Å². The smallest absolute Gasteiger partial charge is 0.156 e. The first kappa shape index (κ1) is 7.18. The summed E-state index contributed by atoms with van der Waals surface area (Å²) in [4.78, 5) is 4.07. The second-order valence-electron chi connectivity index (χ2n) is 2.18. The van der Waals surface area contributed by atoms with Gasteiger partial charge >= 0.3 is 0 Å². The summed E-state index contributed by atoms with van der Waals surface area (Å²) < 4.78 is 0. The molecule has 1 aliphatic rings. The average Bonchev–Trinajstić information content (AvgIpc) is 2.27. The molecule has 11 heavy (non-hydrogen) atoms. The number of anilines is 2. The Bertz CT molecular complexity index is 291. The Morgan fingerprint density at radius 2 is 2.27 bits per heavy atom. The second-order valence-corrected chi connectivity index (χ2v) is 3.48. The molecule has 0 amide bonds. The Hall–Kier alpha value is -0.480. The van der Waals surface area contributed by atoms with Gasteiger partial charge in [-0.3, -0.25) is 0 Å². The van der Waals surface area contributed by atoms with Crippen LogP contribution in [0.4, 0.5) is 11.5 Å². The van der Waals surface area contributed by atoms with Crippen LogP contribution in [0.1, 0.15) is 0 Å². The van der Waals surface area contributed by atoms with Crippen LogP contribution < -0.4 is 10.6 Å². The Morgan fingerprint density at radius 1 is 1.45 bits per heavy atom. The van der Waals surface area contributed by atoms with Gasteiger partial charge in [-0.1, -0.05) is 11.6 Å². The van der Waals surface area contributed by atoms with Crippen molar-refractivity contribution in [2.45, 2.75) is 5.08 Å². The van der Waals surface area contributed by atoms with Gasteiger partial charge in [-0.05, 0) is 28.1 Å². The third-order valence-corrected chi connectivity index (χ3v) is 2.08. The summed E-state index contributed by atoms with van der Waals surface area (Å²) in [5, 5.41) is 6.72. The molecule has 1 aromatic rings. The molecule has 0 saturated heterocycles. The number of aromatic nitrogens is 1. The summed E-state index contributed by atoms with van der Waals surface area (Å²) in [5.41, 5.74) is 0.969. The minimum Gasteiger partial charge on any atom is -0.353 e. The van der Waals surface area contributed by atoms with Gasteiger partial charge in [-0.2, -0.15) is 0 Å². The van der Waals surface area contributed by atoms with E-state index in [1.54, 1.807) is 6.07 Å². The van der Waals surface area contributed by atoms with Crippen LogP contribution in [0.15, 0.2) is 12.1 Å². The van der Waals surface area contributed by atoms with E-state index in [-0.39, 0.29) is 5.08 Å². The maximum atomic E-state index is 5.68. The van der Waals surface area contributed by atoms with Gasteiger partial charge < -0.3 is 10.6 Å². The quantitative estimate of drug-likeness (QED) is 0.411. The van der Waals surface area contributed by atoms with Crippen LogP contribution >= 0.6 is 27.5 Å². The Labute approximate surface area is 77.3 Å². The van der Waals surface area contributed by atoms with Gasteiger partial charge in [0.25, 0.3) is 0 Å². The highest BCUT2D eigenvalue weighted by Crippen LogP contribution is 2.29. The first-order valence-electron chi connectivity index (χ1n) is 3.09. The maximum absolute atomic E-state index is 5.68. The highest BCUT2D eigenvalue weighted by Gasteiger charge is 2.17. The summed E-state index contributed by atoms with van der Waals surface area (Å²) in [7, 11) is 0. The Balaban J connectivity index is 2.43. The summed E-state index contributed by atoms with van der Waals surface area (Å²) in [6.07, 6.45) is 0. The molecule has 0 aromatic carbocycles. The van der Waals surface area contributed by atoms with Crippen molar-refractivity contribution < 1.29 is 0 Å². The van der Waals surface area contributed by atoms with E-state index in [9.17, 15) is 0 Å². The number of rotatable bonds is 0. The zero-order valence-corrected chi connectivity index (χ0v) is 7.78. The molecule has 58 valence electrons. The van der Waals surface area contributed by atoms with Crippen molar-refractivity contribution in [2.24, 2.45) is 0 Å². The van der Waals surface area contributed by atoms with E-state index in [1.165, 1.54) is 0 Å². The maximum Gasteiger partial charge on any atom is 0.156 e. The molecular formula is C6H5BrClN3. The lowest BCUT2D eigenvalue weighted by molar-refractivity contribution is 1.21. The van der Waals surface area contributed by atoms with Crippen molar-refractivity contribution in [3.05, 3.63) is 17.3 Å². The van der Waals surface area contributed by atoms with Crippen LogP contribution in [0.2, 0.25) is 5.15 Å².